The molecule has 0 atom stereocenters. The number of nitrogens with zero attached hydrogens (tertiary/aromatic N) is 1. The van der Waals surface area contributed by atoms with Crippen molar-refractivity contribution in [2.75, 3.05) is 7.05 Å². The van der Waals surface area contributed by atoms with Gasteiger partial charge in [0.15, 0.2) is 0 Å². The van der Waals surface area contributed by atoms with Gasteiger partial charge in [0.05, 0.1) is 0 Å². The van der Waals surface area contributed by atoms with Crippen molar-refractivity contribution < 1.29 is 4.79 Å². The Hall–Kier alpha value is -1.38. The van der Waals surface area contributed by atoms with Crippen LogP contribution >= 0.6 is 0 Å². The lowest BCUT2D eigenvalue weighted by molar-refractivity contribution is 0.0963. The molecule has 1 heterocycles. The first-order valence-electron chi connectivity index (χ1n) is 4.96. The molecule has 1 N–H and O–H groups in total. The highest BCUT2D eigenvalue weighted by Gasteiger charge is 1.98. The molecule has 0 aliphatic rings. The van der Waals surface area contributed by atoms with Gasteiger partial charge in [-0.05, 0) is 12.1 Å². The first-order valence-corrected chi connectivity index (χ1v) is 4.96. The van der Waals surface area contributed by atoms with E-state index in [0.29, 0.717) is 5.56 Å². The number of nitrogens with one attached hydrogen (secondary N) is 1. The molecule has 1 rings (SSSR count). The molecule has 0 bridgehead atoms. The van der Waals surface area contributed by atoms with E-state index in [1.807, 2.05) is 27.7 Å². The van der Waals surface area contributed by atoms with Crippen LogP contribution in [-0.4, -0.2) is 17.9 Å². The maximum Gasteiger partial charge on any atom is 0.251 e. The highest BCUT2D eigenvalue weighted by atomic mass is 16.1. The van der Waals surface area contributed by atoms with Crippen molar-refractivity contribution in [3.05, 3.63) is 30.1 Å². The molecule has 3 nitrogen and oxygen atoms in total. The quantitative estimate of drug-likeness (QED) is 0.749. The SMILES string of the molecule is CC.CC.CNC(=O)c1ccncc1. The third-order valence-electron chi connectivity index (χ3n) is 1.17. The highest BCUT2D eigenvalue weighted by molar-refractivity contribution is 5.93. The minimum atomic E-state index is -0.0811. The van der Waals surface area contributed by atoms with Crippen LogP contribution in [0.2, 0.25) is 0 Å². The van der Waals surface area contributed by atoms with Crippen LogP contribution in [0.15, 0.2) is 24.5 Å². The van der Waals surface area contributed by atoms with Gasteiger partial charge in [-0.3, -0.25) is 9.78 Å². The third-order valence-corrected chi connectivity index (χ3v) is 1.17. The summed E-state index contributed by atoms with van der Waals surface area (Å²) in [5.74, 6) is -0.0811. The van der Waals surface area contributed by atoms with Crippen LogP contribution in [0.25, 0.3) is 0 Å². The van der Waals surface area contributed by atoms with Crippen LogP contribution in [0.5, 0.6) is 0 Å². The van der Waals surface area contributed by atoms with Gasteiger partial charge < -0.3 is 5.32 Å². The van der Waals surface area contributed by atoms with Gasteiger partial charge in [-0.2, -0.15) is 0 Å². The van der Waals surface area contributed by atoms with Gasteiger partial charge in [-0.25, -0.2) is 0 Å². The Balaban J connectivity index is 0. The number of rotatable bonds is 1. The largest absolute Gasteiger partial charge is 0.355 e. The van der Waals surface area contributed by atoms with Crippen molar-refractivity contribution in [3.63, 3.8) is 0 Å². The molecule has 0 radical (unpaired) electrons. The van der Waals surface area contributed by atoms with Crippen molar-refractivity contribution >= 4 is 5.91 Å². The highest BCUT2D eigenvalue weighted by Crippen LogP contribution is 1.93. The Kier molecular flexibility index (Phi) is 12.5. The molecular formula is C11H20N2O. The molecule has 0 aliphatic carbocycles. The van der Waals surface area contributed by atoms with Crippen molar-refractivity contribution in [2.45, 2.75) is 27.7 Å². The van der Waals surface area contributed by atoms with E-state index < -0.39 is 0 Å². The van der Waals surface area contributed by atoms with E-state index in [1.54, 1.807) is 31.6 Å². The average molecular weight is 196 g/mol. The lowest BCUT2D eigenvalue weighted by atomic mass is 10.2. The molecule has 0 saturated carbocycles. The zero-order valence-electron chi connectivity index (χ0n) is 9.66. The van der Waals surface area contributed by atoms with Gasteiger partial charge in [0.1, 0.15) is 0 Å². The topological polar surface area (TPSA) is 42.0 Å². The van der Waals surface area contributed by atoms with Crippen LogP contribution < -0.4 is 5.32 Å². The van der Waals surface area contributed by atoms with Gasteiger partial charge >= 0.3 is 0 Å². The summed E-state index contributed by atoms with van der Waals surface area (Å²) < 4.78 is 0. The van der Waals surface area contributed by atoms with Crippen LogP contribution in [0.3, 0.4) is 0 Å². The Morgan fingerprint density at radius 3 is 1.93 bits per heavy atom. The predicted octanol–water partition coefficient (Wildman–Crippen LogP) is 2.49. The summed E-state index contributed by atoms with van der Waals surface area (Å²) in [6.45, 7) is 8.00. The van der Waals surface area contributed by atoms with Crippen molar-refractivity contribution in [1.29, 1.82) is 0 Å². The fourth-order valence-electron chi connectivity index (χ4n) is 0.648. The Morgan fingerprint density at radius 2 is 1.57 bits per heavy atom. The second-order valence-corrected chi connectivity index (χ2v) is 1.82. The summed E-state index contributed by atoms with van der Waals surface area (Å²) in [6, 6.07) is 3.33. The lowest BCUT2D eigenvalue weighted by Gasteiger charge is -1.95. The average Bonchev–Trinajstić information content (AvgIpc) is 2.34. The van der Waals surface area contributed by atoms with Gasteiger partial charge in [0.2, 0.25) is 0 Å². The minimum Gasteiger partial charge on any atom is -0.355 e. The number of amides is 1. The molecule has 80 valence electrons. The summed E-state index contributed by atoms with van der Waals surface area (Å²) in [5, 5.41) is 2.51. The van der Waals surface area contributed by atoms with Crippen LogP contribution in [0.4, 0.5) is 0 Å². The molecular weight excluding hydrogens is 176 g/mol. The van der Waals surface area contributed by atoms with Crippen LogP contribution in [-0.2, 0) is 0 Å². The van der Waals surface area contributed by atoms with E-state index >= 15 is 0 Å². The zero-order chi connectivity index (χ0) is 11.4. The van der Waals surface area contributed by atoms with E-state index in [4.69, 9.17) is 0 Å². The summed E-state index contributed by atoms with van der Waals surface area (Å²) in [4.78, 5) is 14.7. The third kappa shape index (κ3) is 6.17. The first kappa shape index (κ1) is 15.1. The minimum absolute atomic E-state index is 0.0811. The molecule has 0 unspecified atom stereocenters. The summed E-state index contributed by atoms with van der Waals surface area (Å²) in [7, 11) is 1.60. The normalized spacial score (nSPS) is 7.21. The summed E-state index contributed by atoms with van der Waals surface area (Å²) in [6.07, 6.45) is 3.18. The molecule has 0 aliphatic heterocycles. The molecule has 1 aromatic rings. The van der Waals surface area contributed by atoms with Crippen molar-refractivity contribution in [2.24, 2.45) is 0 Å². The monoisotopic (exact) mass is 196 g/mol. The Labute approximate surface area is 86.6 Å². The molecule has 1 aromatic heterocycles. The van der Waals surface area contributed by atoms with Gasteiger partial charge in [-0.1, -0.05) is 27.7 Å². The number of aromatic nitrogens is 1. The number of hydrogen-bond donors (Lipinski definition) is 1. The second kappa shape index (κ2) is 11.6. The van der Waals surface area contributed by atoms with Crippen LogP contribution in [0, 0.1) is 0 Å². The number of carbonyl (C=O) groups is 1. The molecule has 3 heteroatoms. The van der Waals surface area contributed by atoms with Crippen LogP contribution in [0.1, 0.15) is 38.1 Å². The first-order chi connectivity index (χ1) is 6.84. The molecule has 0 saturated heterocycles. The van der Waals surface area contributed by atoms with E-state index in [9.17, 15) is 4.79 Å². The number of pyridine rings is 1. The second-order valence-electron chi connectivity index (χ2n) is 1.82. The maximum absolute atomic E-state index is 10.9. The van der Waals surface area contributed by atoms with Gasteiger partial charge in [-0.15, -0.1) is 0 Å². The summed E-state index contributed by atoms with van der Waals surface area (Å²) >= 11 is 0. The molecule has 0 aromatic carbocycles. The van der Waals surface area contributed by atoms with E-state index in [1.165, 1.54) is 0 Å². The zero-order valence-corrected chi connectivity index (χ0v) is 9.66. The molecule has 0 spiro atoms. The molecule has 1 amide bonds. The number of carbonyl (C=O) groups excluding carboxylic acids is 1. The van der Waals surface area contributed by atoms with E-state index in [2.05, 4.69) is 10.3 Å². The standard InChI is InChI=1S/C7H8N2O.2C2H6/c1-8-7(10)6-2-4-9-5-3-6;2*1-2/h2-5H,1H3,(H,8,10);2*1-2H3. The summed E-state index contributed by atoms with van der Waals surface area (Å²) in [5.41, 5.74) is 0.637. The smallest absolute Gasteiger partial charge is 0.251 e. The fourth-order valence-corrected chi connectivity index (χ4v) is 0.648. The Morgan fingerprint density at radius 1 is 1.14 bits per heavy atom. The number of hydrogen-bond acceptors (Lipinski definition) is 2. The van der Waals surface area contributed by atoms with E-state index in [0.717, 1.165) is 0 Å². The Bertz CT molecular complexity index is 222. The molecule has 0 fully saturated rings. The lowest BCUT2D eigenvalue weighted by Crippen LogP contribution is -2.17. The van der Waals surface area contributed by atoms with Gasteiger partial charge in [0, 0.05) is 25.0 Å². The van der Waals surface area contributed by atoms with Crippen molar-refractivity contribution in [3.8, 4) is 0 Å². The van der Waals surface area contributed by atoms with E-state index in [-0.39, 0.29) is 5.91 Å². The predicted molar refractivity (Wildman–Crippen MR) is 60.3 cm³/mol. The maximum atomic E-state index is 10.9. The molecule has 14 heavy (non-hydrogen) atoms. The van der Waals surface area contributed by atoms with Crippen molar-refractivity contribution in [1.82, 2.24) is 10.3 Å². The van der Waals surface area contributed by atoms with Gasteiger partial charge in [0.25, 0.3) is 5.91 Å². The fraction of sp³-hybridized carbons (Fsp3) is 0.455.